The Morgan fingerprint density at radius 2 is 1.88 bits per heavy atom. The second-order valence-corrected chi connectivity index (χ2v) is 9.46. The lowest BCUT2D eigenvalue weighted by Crippen LogP contribution is -2.63. The standard InChI is InChI=1S/C26H30N4O3/c1-3-26(4-2)14-22(32)30(25(27)29-26)20-12-16-9-10-17(11-19(16)20)24(33)28-23-18-8-6-5-7-15(18)13-21(23)31/h5-11,20-21,23,31H,3-4,12-14H2,1-2H3,(H2,27,29)(H,28,33)/t20-,21-,23-/m1/s1. The Hall–Kier alpha value is -3.19. The Labute approximate surface area is 193 Å². The number of benzene rings is 2. The molecule has 2 aromatic rings. The number of aliphatic hydroxyl groups excluding tert-OH is 1. The van der Waals surface area contributed by atoms with E-state index in [4.69, 9.17) is 5.41 Å². The number of amides is 2. The summed E-state index contributed by atoms with van der Waals surface area (Å²) in [6, 6.07) is 12.6. The third-order valence-corrected chi connectivity index (χ3v) is 7.72. The van der Waals surface area contributed by atoms with Crippen LogP contribution in [0.1, 0.15) is 77.8 Å². The molecule has 4 N–H and O–H groups in total. The van der Waals surface area contributed by atoms with Gasteiger partial charge in [0.25, 0.3) is 5.91 Å². The number of aliphatic hydroxyl groups is 1. The molecule has 1 heterocycles. The highest BCUT2D eigenvalue weighted by Crippen LogP contribution is 2.41. The smallest absolute Gasteiger partial charge is 0.251 e. The van der Waals surface area contributed by atoms with Crippen molar-refractivity contribution in [3.05, 3.63) is 70.3 Å². The molecule has 7 heteroatoms. The Kier molecular flexibility index (Phi) is 5.24. The number of fused-ring (bicyclic) bond motifs is 2. The zero-order chi connectivity index (χ0) is 23.3. The van der Waals surface area contributed by atoms with Crippen LogP contribution in [0.4, 0.5) is 0 Å². The van der Waals surface area contributed by atoms with Crippen molar-refractivity contribution in [2.24, 2.45) is 0 Å². The summed E-state index contributed by atoms with van der Waals surface area (Å²) in [5.41, 5.74) is 4.15. The van der Waals surface area contributed by atoms with Crippen LogP contribution in [0.2, 0.25) is 0 Å². The predicted octanol–water partition coefficient (Wildman–Crippen LogP) is 2.99. The van der Waals surface area contributed by atoms with Crippen molar-refractivity contribution in [3.8, 4) is 0 Å². The Balaban J connectivity index is 1.34. The van der Waals surface area contributed by atoms with E-state index in [1.165, 1.54) is 0 Å². The first-order valence-corrected chi connectivity index (χ1v) is 11.7. The van der Waals surface area contributed by atoms with Crippen LogP contribution in [-0.4, -0.2) is 39.4 Å². The largest absolute Gasteiger partial charge is 0.390 e. The molecule has 5 rings (SSSR count). The molecule has 172 valence electrons. The molecule has 1 aliphatic heterocycles. The number of carbonyl (C=O) groups excluding carboxylic acids is 2. The van der Waals surface area contributed by atoms with Gasteiger partial charge < -0.3 is 15.7 Å². The van der Waals surface area contributed by atoms with E-state index in [2.05, 4.69) is 10.6 Å². The number of rotatable bonds is 5. The minimum atomic E-state index is -0.652. The molecule has 0 spiro atoms. The summed E-state index contributed by atoms with van der Waals surface area (Å²) in [5.74, 6) is -0.150. The Morgan fingerprint density at radius 3 is 2.61 bits per heavy atom. The van der Waals surface area contributed by atoms with Crippen LogP contribution in [0.25, 0.3) is 0 Å². The molecule has 0 bridgehead atoms. The molecule has 2 aliphatic carbocycles. The lowest BCUT2D eigenvalue weighted by atomic mass is 9.79. The quantitative estimate of drug-likeness (QED) is 0.567. The highest BCUT2D eigenvalue weighted by atomic mass is 16.3. The number of nitrogens with one attached hydrogen (secondary N) is 3. The first-order valence-electron chi connectivity index (χ1n) is 11.7. The van der Waals surface area contributed by atoms with Gasteiger partial charge in [-0.15, -0.1) is 0 Å². The highest BCUT2D eigenvalue weighted by Gasteiger charge is 2.45. The molecule has 0 saturated carbocycles. The normalized spacial score (nSPS) is 25.1. The first kappa shape index (κ1) is 21.6. The minimum Gasteiger partial charge on any atom is -0.390 e. The zero-order valence-electron chi connectivity index (χ0n) is 19.0. The van der Waals surface area contributed by atoms with Crippen LogP contribution in [0.3, 0.4) is 0 Å². The number of carbonyl (C=O) groups is 2. The summed E-state index contributed by atoms with van der Waals surface area (Å²) < 4.78 is 0. The van der Waals surface area contributed by atoms with E-state index in [1.54, 1.807) is 11.0 Å². The highest BCUT2D eigenvalue weighted by molar-refractivity contribution is 6.00. The van der Waals surface area contributed by atoms with Crippen LogP contribution < -0.4 is 10.6 Å². The molecule has 2 aromatic carbocycles. The monoisotopic (exact) mass is 446 g/mol. The summed E-state index contributed by atoms with van der Waals surface area (Å²) >= 11 is 0. The van der Waals surface area contributed by atoms with Crippen LogP contribution >= 0.6 is 0 Å². The van der Waals surface area contributed by atoms with Gasteiger partial charge in [-0.1, -0.05) is 44.2 Å². The molecule has 0 aromatic heterocycles. The third-order valence-electron chi connectivity index (χ3n) is 7.72. The predicted molar refractivity (Wildman–Crippen MR) is 125 cm³/mol. The van der Waals surface area contributed by atoms with Gasteiger partial charge in [-0.25, -0.2) is 0 Å². The molecular weight excluding hydrogens is 416 g/mol. The van der Waals surface area contributed by atoms with Crippen molar-refractivity contribution in [1.82, 2.24) is 15.5 Å². The van der Waals surface area contributed by atoms with E-state index in [-0.39, 0.29) is 29.4 Å². The van der Waals surface area contributed by atoms with Gasteiger partial charge in [0.15, 0.2) is 5.96 Å². The van der Waals surface area contributed by atoms with Gasteiger partial charge in [-0.05, 0) is 53.6 Å². The average molecular weight is 447 g/mol. The zero-order valence-corrected chi connectivity index (χ0v) is 19.0. The second-order valence-electron chi connectivity index (χ2n) is 9.46. The molecule has 3 atom stereocenters. The topological polar surface area (TPSA) is 106 Å². The van der Waals surface area contributed by atoms with Crippen molar-refractivity contribution in [3.63, 3.8) is 0 Å². The molecule has 0 unspecified atom stereocenters. The van der Waals surface area contributed by atoms with E-state index in [1.807, 2.05) is 50.2 Å². The van der Waals surface area contributed by atoms with E-state index in [9.17, 15) is 14.7 Å². The van der Waals surface area contributed by atoms with Crippen LogP contribution in [0, 0.1) is 5.41 Å². The van der Waals surface area contributed by atoms with Crippen molar-refractivity contribution in [1.29, 1.82) is 5.41 Å². The van der Waals surface area contributed by atoms with Crippen molar-refractivity contribution in [2.45, 2.75) is 69.7 Å². The lowest BCUT2D eigenvalue weighted by Gasteiger charge is -2.47. The molecule has 0 radical (unpaired) electrons. The summed E-state index contributed by atoms with van der Waals surface area (Å²) in [6.07, 6.45) is 2.48. The molecule has 2 amide bonds. The fourth-order valence-corrected chi connectivity index (χ4v) is 5.48. The van der Waals surface area contributed by atoms with E-state index in [0.717, 1.165) is 35.1 Å². The van der Waals surface area contributed by atoms with E-state index < -0.39 is 12.1 Å². The summed E-state index contributed by atoms with van der Waals surface area (Å²) in [7, 11) is 0. The lowest BCUT2D eigenvalue weighted by molar-refractivity contribution is -0.133. The molecule has 1 saturated heterocycles. The second kappa shape index (κ2) is 7.99. The van der Waals surface area contributed by atoms with E-state index >= 15 is 0 Å². The summed E-state index contributed by atoms with van der Waals surface area (Å²) in [4.78, 5) is 27.6. The molecule has 7 nitrogen and oxygen atoms in total. The molecule has 1 fully saturated rings. The molecular formula is C26H30N4O3. The number of guanidine groups is 1. The summed E-state index contributed by atoms with van der Waals surface area (Å²) in [5, 5.41) is 25.2. The number of hydrogen-bond acceptors (Lipinski definition) is 4. The molecule has 33 heavy (non-hydrogen) atoms. The Morgan fingerprint density at radius 1 is 1.15 bits per heavy atom. The van der Waals surface area contributed by atoms with Gasteiger partial charge >= 0.3 is 0 Å². The maximum absolute atomic E-state index is 13.1. The SMILES string of the molecule is CCC1(CC)CC(=O)N([C@@H]2Cc3ccc(C(=O)N[C@@H]4c5ccccc5C[C@H]4O)cc32)C(=N)N1. The van der Waals surface area contributed by atoms with Gasteiger partial charge in [0.2, 0.25) is 5.91 Å². The van der Waals surface area contributed by atoms with Gasteiger partial charge in [0, 0.05) is 17.5 Å². The maximum atomic E-state index is 13.1. The minimum absolute atomic E-state index is 0.0429. The van der Waals surface area contributed by atoms with Crippen LogP contribution in [-0.2, 0) is 17.6 Å². The van der Waals surface area contributed by atoms with Crippen LogP contribution in [0.15, 0.2) is 42.5 Å². The summed E-state index contributed by atoms with van der Waals surface area (Å²) in [6.45, 7) is 4.08. The third kappa shape index (κ3) is 3.51. The maximum Gasteiger partial charge on any atom is 0.251 e. The molecule has 3 aliphatic rings. The number of nitrogens with zero attached hydrogens (tertiary/aromatic N) is 1. The Bertz CT molecular complexity index is 1120. The van der Waals surface area contributed by atoms with Gasteiger partial charge in [-0.2, -0.15) is 0 Å². The van der Waals surface area contributed by atoms with Crippen LogP contribution in [0.5, 0.6) is 0 Å². The fraction of sp³-hybridized carbons (Fsp3) is 0.423. The van der Waals surface area contributed by atoms with Crippen molar-refractivity contribution < 1.29 is 14.7 Å². The van der Waals surface area contributed by atoms with Crippen molar-refractivity contribution in [2.75, 3.05) is 0 Å². The van der Waals surface area contributed by atoms with Gasteiger partial charge in [-0.3, -0.25) is 19.9 Å². The average Bonchev–Trinajstić information content (AvgIpc) is 3.11. The van der Waals surface area contributed by atoms with E-state index in [0.29, 0.717) is 24.8 Å². The van der Waals surface area contributed by atoms with Gasteiger partial charge in [0.1, 0.15) is 0 Å². The fourth-order valence-electron chi connectivity index (χ4n) is 5.48. The number of hydrogen-bond donors (Lipinski definition) is 4. The first-order chi connectivity index (χ1) is 15.9. The van der Waals surface area contributed by atoms with Crippen molar-refractivity contribution >= 4 is 17.8 Å². The van der Waals surface area contributed by atoms with Gasteiger partial charge in [0.05, 0.1) is 24.6 Å².